The maximum atomic E-state index is 12.8. The highest BCUT2D eigenvalue weighted by molar-refractivity contribution is 5.93. The number of amides is 2. The highest BCUT2D eigenvalue weighted by Gasteiger charge is 2.24. The van der Waals surface area contributed by atoms with E-state index in [4.69, 9.17) is 14.2 Å². The van der Waals surface area contributed by atoms with Gasteiger partial charge in [-0.05, 0) is 48.5 Å². The summed E-state index contributed by atoms with van der Waals surface area (Å²) < 4.78 is 15.9. The number of aromatic nitrogens is 2. The first-order chi connectivity index (χ1) is 16.1. The first-order valence-corrected chi connectivity index (χ1v) is 10.6. The van der Waals surface area contributed by atoms with Crippen molar-refractivity contribution in [3.63, 3.8) is 0 Å². The fourth-order valence-corrected chi connectivity index (χ4v) is 3.71. The molecule has 4 rings (SSSR count). The van der Waals surface area contributed by atoms with Crippen LogP contribution in [0.2, 0.25) is 0 Å². The average molecular weight is 450 g/mol. The maximum Gasteiger partial charge on any atom is 0.322 e. The average Bonchev–Trinajstić information content (AvgIpc) is 2.89. The Hall–Kier alpha value is -4.01. The fraction of sp³-hybridized carbons (Fsp3) is 0.292. The van der Waals surface area contributed by atoms with Gasteiger partial charge in [-0.3, -0.25) is 0 Å². The zero-order valence-corrected chi connectivity index (χ0v) is 18.9. The van der Waals surface area contributed by atoms with Crippen molar-refractivity contribution in [1.29, 1.82) is 0 Å². The molecule has 0 bridgehead atoms. The number of methoxy groups -OCH3 is 3. The Labute approximate surface area is 192 Å². The highest BCUT2D eigenvalue weighted by Crippen LogP contribution is 2.34. The van der Waals surface area contributed by atoms with Gasteiger partial charge in [-0.1, -0.05) is 6.07 Å². The molecule has 0 atom stereocenters. The molecule has 33 heavy (non-hydrogen) atoms. The number of anilines is 2. The Morgan fingerprint density at radius 3 is 2.03 bits per heavy atom. The third kappa shape index (κ3) is 4.92. The van der Waals surface area contributed by atoms with Gasteiger partial charge in [0.25, 0.3) is 0 Å². The molecule has 1 aliphatic heterocycles. The zero-order chi connectivity index (χ0) is 23.2. The lowest BCUT2D eigenvalue weighted by Gasteiger charge is -2.35. The molecular weight excluding hydrogens is 422 g/mol. The zero-order valence-electron chi connectivity index (χ0n) is 18.9. The standard InChI is InChI=1S/C24H27N5O4/c1-31-18-9-7-17(8-10-18)19-11-12-22(27-26-19)28-13-15-29(16-14-28)24(30)25-23-20(32-2)5-4-6-21(23)33-3/h4-12H,13-16H2,1-3H3,(H,25,30). The van der Waals surface area contributed by atoms with Crippen molar-refractivity contribution in [1.82, 2.24) is 15.1 Å². The summed E-state index contributed by atoms with van der Waals surface area (Å²) >= 11 is 0. The van der Waals surface area contributed by atoms with E-state index >= 15 is 0 Å². The number of carbonyl (C=O) groups excluding carboxylic acids is 1. The minimum Gasteiger partial charge on any atom is -0.497 e. The third-order valence-electron chi connectivity index (χ3n) is 5.59. The number of benzene rings is 2. The number of nitrogens with zero attached hydrogens (tertiary/aromatic N) is 4. The van der Waals surface area contributed by atoms with Crippen molar-refractivity contribution in [2.45, 2.75) is 0 Å². The molecule has 0 aliphatic carbocycles. The summed E-state index contributed by atoms with van der Waals surface area (Å²) in [7, 11) is 4.76. The number of ether oxygens (including phenoxy) is 3. The van der Waals surface area contributed by atoms with Crippen LogP contribution in [-0.2, 0) is 0 Å². The molecule has 172 valence electrons. The quantitative estimate of drug-likeness (QED) is 0.616. The number of para-hydroxylation sites is 1. The Kier molecular flexibility index (Phi) is 6.77. The van der Waals surface area contributed by atoms with Gasteiger partial charge in [0, 0.05) is 31.7 Å². The van der Waals surface area contributed by atoms with Crippen LogP contribution in [-0.4, -0.2) is 68.6 Å². The van der Waals surface area contributed by atoms with Crippen molar-refractivity contribution < 1.29 is 19.0 Å². The predicted molar refractivity (Wildman–Crippen MR) is 126 cm³/mol. The molecule has 2 amide bonds. The van der Waals surface area contributed by atoms with E-state index in [1.54, 1.807) is 38.4 Å². The summed E-state index contributed by atoms with van der Waals surface area (Å²) in [5, 5.41) is 11.7. The minimum absolute atomic E-state index is 0.196. The van der Waals surface area contributed by atoms with Crippen LogP contribution in [0.4, 0.5) is 16.3 Å². The molecular formula is C24H27N5O4. The lowest BCUT2D eigenvalue weighted by molar-refractivity contribution is 0.207. The van der Waals surface area contributed by atoms with Gasteiger partial charge >= 0.3 is 6.03 Å². The van der Waals surface area contributed by atoms with E-state index in [2.05, 4.69) is 20.4 Å². The Morgan fingerprint density at radius 1 is 0.818 bits per heavy atom. The van der Waals surface area contributed by atoms with Crippen molar-refractivity contribution in [2.75, 3.05) is 57.7 Å². The highest BCUT2D eigenvalue weighted by atomic mass is 16.5. The largest absolute Gasteiger partial charge is 0.497 e. The molecule has 3 aromatic rings. The second-order valence-electron chi connectivity index (χ2n) is 7.45. The van der Waals surface area contributed by atoms with Crippen LogP contribution in [0, 0.1) is 0 Å². The first kappa shape index (κ1) is 22.2. The minimum atomic E-state index is -0.196. The number of piperazine rings is 1. The van der Waals surface area contributed by atoms with Gasteiger partial charge < -0.3 is 29.3 Å². The SMILES string of the molecule is COc1ccc(-c2ccc(N3CCN(C(=O)Nc4c(OC)cccc4OC)CC3)nn2)cc1. The summed E-state index contributed by atoms with van der Waals surface area (Å²) in [6, 6.07) is 16.8. The topological polar surface area (TPSA) is 89.1 Å². The van der Waals surface area contributed by atoms with Crippen molar-refractivity contribution in [3.8, 4) is 28.5 Å². The summed E-state index contributed by atoms with van der Waals surface area (Å²) in [5.41, 5.74) is 2.29. The lowest BCUT2D eigenvalue weighted by atomic mass is 10.1. The molecule has 9 heteroatoms. The van der Waals surface area contributed by atoms with Crippen molar-refractivity contribution in [2.24, 2.45) is 0 Å². The molecule has 1 N–H and O–H groups in total. The number of carbonyl (C=O) groups is 1. The van der Waals surface area contributed by atoms with Crippen LogP contribution < -0.4 is 24.4 Å². The summed E-state index contributed by atoms with van der Waals surface area (Å²) in [6.45, 7) is 2.44. The Balaban J connectivity index is 1.36. The van der Waals surface area contributed by atoms with Gasteiger partial charge in [0.2, 0.25) is 0 Å². The fourth-order valence-electron chi connectivity index (χ4n) is 3.71. The van der Waals surface area contributed by atoms with Gasteiger partial charge in [-0.25, -0.2) is 4.79 Å². The summed E-state index contributed by atoms with van der Waals surface area (Å²) in [5.74, 6) is 2.69. The van der Waals surface area contributed by atoms with Crippen molar-refractivity contribution in [3.05, 3.63) is 54.6 Å². The molecule has 0 radical (unpaired) electrons. The van der Waals surface area contributed by atoms with Crippen LogP contribution in [0.25, 0.3) is 11.3 Å². The molecule has 1 saturated heterocycles. The van der Waals surface area contributed by atoms with Gasteiger partial charge in [0.15, 0.2) is 5.82 Å². The van der Waals surface area contributed by atoms with E-state index in [0.717, 1.165) is 22.8 Å². The summed E-state index contributed by atoms with van der Waals surface area (Å²) in [4.78, 5) is 16.7. The van der Waals surface area contributed by atoms with E-state index in [9.17, 15) is 4.79 Å². The Morgan fingerprint density at radius 2 is 1.48 bits per heavy atom. The third-order valence-corrected chi connectivity index (χ3v) is 5.59. The molecule has 2 aromatic carbocycles. The molecule has 0 saturated carbocycles. The van der Waals surface area contributed by atoms with Crippen LogP contribution >= 0.6 is 0 Å². The van der Waals surface area contributed by atoms with E-state index in [0.29, 0.717) is 43.4 Å². The van der Waals surface area contributed by atoms with Crippen molar-refractivity contribution >= 4 is 17.5 Å². The van der Waals surface area contributed by atoms with Crippen LogP contribution in [0.5, 0.6) is 17.2 Å². The van der Waals surface area contributed by atoms with Gasteiger partial charge in [0.1, 0.15) is 22.9 Å². The lowest BCUT2D eigenvalue weighted by Crippen LogP contribution is -2.50. The second-order valence-corrected chi connectivity index (χ2v) is 7.45. The van der Waals surface area contributed by atoms with E-state index in [1.807, 2.05) is 42.5 Å². The normalized spacial score (nSPS) is 13.4. The molecule has 1 aliphatic rings. The molecule has 9 nitrogen and oxygen atoms in total. The number of hydrogen-bond acceptors (Lipinski definition) is 7. The molecule has 0 unspecified atom stereocenters. The van der Waals surface area contributed by atoms with Gasteiger partial charge in [0.05, 0.1) is 27.0 Å². The Bertz CT molecular complexity index is 1060. The number of hydrogen-bond donors (Lipinski definition) is 1. The van der Waals surface area contributed by atoms with Gasteiger partial charge in [-0.2, -0.15) is 0 Å². The molecule has 2 heterocycles. The number of nitrogens with one attached hydrogen (secondary N) is 1. The smallest absolute Gasteiger partial charge is 0.322 e. The number of urea groups is 1. The van der Waals surface area contributed by atoms with Crippen LogP contribution in [0.3, 0.4) is 0 Å². The molecule has 1 fully saturated rings. The maximum absolute atomic E-state index is 12.8. The monoisotopic (exact) mass is 449 g/mol. The van der Waals surface area contributed by atoms with Gasteiger partial charge in [-0.15, -0.1) is 10.2 Å². The second kappa shape index (κ2) is 10.1. The number of rotatable bonds is 6. The molecule has 0 spiro atoms. The van der Waals surface area contributed by atoms with E-state index in [-0.39, 0.29) is 6.03 Å². The van der Waals surface area contributed by atoms with Crippen LogP contribution in [0.1, 0.15) is 0 Å². The predicted octanol–water partition coefficient (Wildman–Crippen LogP) is 3.52. The van der Waals surface area contributed by atoms with Crippen LogP contribution in [0.15, 0.2) is 54.6 Å². The summed E-state index contributed by atoms with van der Waals surface area (Å²) in [6.07, 6.45) is 0. The molecule has 1 aromatic heterocycles. The van der Waals surface area contributed by atoms with E-state index < -0.39 is 0 Å². The van der Waals surface area contributed by atoms with E-state index in [1.165, 1.54) is 0 Å². The first-order valence-electron chi connectivity index (χ1n) is 10.6.